The second-order valence-corrected chi connectivity index (χ2v) is 1.33. The summed E-state index contributed by atoms with van der Waals surface area (Å²) >= 11 is 0. The van der Waals surface area contributed by atoms with Crippen LogP contribution in [0.3, 0.4) is 0 Å². The summed E-state index contributed by atoms with van der Waals surface area (Å²) in [6.07, 6.45) is 0. The van der Waals surface area contributed by atoms with Gasteiger partial charge < -0.3 is 0 Å². The molecule has 0 aliphatic carbocycles. The van der Waals surface area contributed by atoms with Gasteiger partial charge in [0.05, 0.1) is 0 Å². The Kier molecular flexibility index (Phi) is 2.24. The van der Waals surface area contributed by atoms with E-state index in [-0.39, 0.29) is 0 Å². The van der Waals surface area contributed by atoms with Gasteiger partial charge in [0.2, 0.25) is 0 Å². The van der Waals surface area contributed by atoms with Crippen molar-refractivity contribution in [2.45, 2.75) is 6.92 Å². The summed E-state index contributed by atoms with van der Waals surface area (Å²) in [5.74, 6) is -1.74. The Balaban J connectivity index is 3.83. The summed E-state index contributed by atoms with van der Waals surface area (Å²) in [5, 5.41) is 0. The molecule has 0 aromatic rings. The quantitative estimate of drug-likeness (QED) is 0.397. The first kappa shape index (κ1) is 7.20. The van der Waals surface area contributed by atoms with E-state index in [0.717, 1.165) is 6.92 Å². The van der Waals surface area contributed by atoms with Crippen LogP contribution in [0.25, 0.3) is 0 Å². The van der Waals surface area contributed by atoms with Gasteiger partial charge in [0, 0.05) is 0 Å². The van der Waals surface area contributed by atoms with E-state index in [2.05, 4.69) is 0 Å². The molecule has 0 spiro atoms. The van der Waals surface area contributed by atoms with Crippen LogP contribution in [-0.2, 0) is 9.59 Å². The maximum absolute atomic E-state index is 11.2. The molecular formula is C4H4F2O2. The molecule has 0 N–H and O–H groups in total. The highest BCUT2D eigenvalue weighted by Crippen LogP contribution is 1.99. The Bertz CT molecular complexity index is 107. The number of carbonyl (C=O) groups is 2. The second kappa shape index (κ2) is 2.49. The van der Waals surface area contributed by atoms with Crippen molar-refractivity contribution in [3.05, 3.63) is 0 Å². The molecule has 0 aliphatic rings. The standard InChI is InChI=1S/C4H4F2O2/c1-2(3(5)7)4(6)8/h2H,1H3. The van der Waals surface area contributed by atoms with Crippen LogP contribution in [-0.4, -0.2) is 12.1 Å². The predicted molar refractivity (Wildman–Crippen MR) is 21.4 cm³/mol. The van der Waals surface area contributed by atoms with E-state index in [1.54, 1.807) is 0 Å². The van der Waals surface area contributed by atoms with Gasteiger partial charge in [-0.25, -0.2) is 0 Å². The number of halogens is 2. The number of rotatable bonds is 2. The van der Waals surface area contributed by atoms with Crippen molar-refractivity contribution in [2.24, 2.45) is 5.92 Å². The third-order valence-electron chi connectivity index (χ3n) is 0.681. The molecule has 46 valence electrons. The van der Waals surface area contributed by atoms with Crippen molar-refractivity contribution in [3.63, 3.8) is 0 Å². The SMILES string of the molecule is CC(C(=O)F)C(=O)F. The van der Waals surface area contributed by atoms with Gasteiger partial charge in [0.1, 0.15) is 5.92 Å². The van der Waals surface area contributed by atoms with Crippen molar-refractivity contribution in [1.29, 1.82) is 0 Å². The van der Waals surface area contributed by atoms with Gasteiger partial charge in [-0.2, -0.15) is 8.78 Å². The van der Waals surface area contributed by atoms with E-state index in [0.29, 0.717) is 0 Å². The Morgan fingerprint density at radius 2 is 1.50 bits per heavy atom. The molecule has 0 unspecified atom stereocenters. The lowest BCUT2D eigenvalue weighted by atomic mass is 10.2. The van der Waals surface area contributed by atoms with Gasteiger partial charge in [0.15, 0.2) is 0 Å². The molecule has 2 nitrogen and oxygen atoms in total. The summed E-state index contributed by atoms with van der Waals surface area (Å²) in [6, 6.07) is -3.87. The molecule has 4 heteroatoms. The molecule has 0 rings (SSSR count). The number of hydrogen-bond acceptors (Lipinski definition) is 2. The summed E-state index contributed by atoms with van der Waals surface area (Å²) in [5.41, 5.74) is 0. The molecule has 0 aliphatic heterocycles. The molecular weight excluding hydrogens is 118 g/mol. The van der Waals surface area contributed by atoms with Crippen LogP contribution >= 0.6 is 0 Å². The Morgan fingerprint density at radius 1 is 1.25 bits per heavy atom. The highest BCUT2D eigenvalue weighted by molar-refractivity contribution is 5.93. The normalized spacial score (nSPS) is 9.50. The van der Waals surface area contributed by atoms with Crippen LogP contribution in [0.15, 0.2) is 0 Å². The average molecular weight is 122 g/mol. The van der Waals surface area contributed by atoms with Gasteiger partial charge in [-0.3, -0.25) is 9.59 Å². The van der Waals surface area contributed by atoms with Gasteiger partial charge in [-0.05, 0) is 6.92 Å². The molecule has 0 fully saturated rings. The molecule has 0 saturated heterocycles. The summed E-state index contributed by atoms with van der Waals surface area (Å²) in [6.45, 7) is 0.866. The first-order valence-electron chi connectivity index (χ1n) is 1.94. The maximum atomic E-state index is 11.2. The van der Waals surface area contributed by atoms with E-state index in [9.17, 15) is 18.4 Å². The molecule has 0 radical (unpaired) electrons. The predicted octanol–water partition coefficient (Wildman–Crippen LogP) is 0.615. The van der Waals surface area contributed by atoms with Crippen LogP contribution < -0.4 is 0 Å². The average Bonchev–Trinajstić information content (AvgIpc) is 1.64. The molecule has 0 aromatic carbocycles. The fraction of sp³-hybridized carbons (Fsp3) is 0.500. The van der Waals surface area contributed by atoms with Crippen LogP contribution in [0.4, 0.5) is 8.78 Å². The second-order valence-electron chi connectivity index (χ2n) is 1.33. The zero-order valence-corrected chi connectivity index (χ0v) is 4.15. The highest BCUT2D eigenvalue weighted by Gasteiger charge is 2.19. The highest BCUT2D eigenvalue weighted by atomic mass is 19.1. The van der Waals surface area contributed by atoms with Crippen molar-refractivity contribution in [1.82, 2.24) is 0 Å². The summed E-state index contributed by atoms with van der Waals surface area (Å²) < 4.78 is 22.5. The fourth-order valence-corrected chi connectivity index (χ4v) is 0.0892. The third-order valence-corrected chi connectivity index (χ3v) is 0.681. The van der Waals surface area contributed by atoms with Gasteiger partial charge in [0.25, 0.3) is 0 Å². The molecule has 0 heterocycles. The van der Waals surface area contributed by atoms with Gasteiger partial charge in [-0.1, -0.05) is 0 Å². The molecule has 0 bridgehead atoms. The van der Waals surface area contributed by atoms with Crippen LogP contribution in [0.5, 0.6) is 0 Å². The lowest BCUT2D eigenvalue weighted by molar-refractivity contribution is -0.144. The van der Waals surface area contributed by atoms with E-state index in [4.69, 9.17) is 0 Å². The van der Waals surface area contributed by atoms with E-state index < -0.39 is 18.0 Å². The maximum Gasteiger partial charge on any atom is 0.314 e. The molecule has 0 atom stereocenters. The van der Waals surface area contributed by atoms with Crippen molar-refractivity contribution in [2.75, 3.05) is 0 Å². The fourth-order valence-electron chi connectivity index (χ4n) is 0.0892. The molecule has 0 saturated carbocycles. The van der Waals surface area contributed by atoms with Crippen LogP contribution in [0.2, 0.25) is 0 Å². The van der Waals surface area contributed by atoms with Crippen LogP contribution in [0, 0.1) is 5.92 Å². The minimum Gasteiger partial charge on any atom is -0.260 e. The topological polar surface area (TPSA) is 34.1 Å². The van der Waals surface area contributed by atoms with Crippen LogP contribution in [0.1, 0.15) is 6.92 Å². The number of hydrogen-bond donors (Lipinski definition) is 0. The third kappa shape index (κ3) is 1.77. The molecule has 0 amide bonds. The summed E-state index contributed by atoms with van der Waals surface area (Å²) in [4.78, 5) is 18.9. The van der Waals surface area contributed by atoms with Crippen molar-refractivity contribution >= 4 is 12.1 Å². The minimum atomic E-state index is -1.93. The minimum absolute atomic E-state index is 0.866. The molecule has 0 aromatic heterocycles. The zero-order valence-electron chi connectivity index (χ0n) is 4.15. The smallest absolute Gasteiger partial charge is 0.260 e. The first-order chi connectivity index (χ1) is 3.55. The largest absolute Gasteiger partial charge is 0.314 e. The lowest BCUT2D eigenvalue weighted by Crippen LogP contribution is -2.12. The van der Waals surface area contributed by atoms with Crippen molar-refractivity contribution in [3.8, 4) is 0 Å². The van der Waals surface area contributed by atoms with E-state index >= 15 is 0 Å². The summed E-state index contributed by atoms with van der Waals surface area (Å²) in [7, 11) is 0. The van der Waals surface area contributed by atoms with E-state index in [1.165, 1.54) is 0 Å². The van der Waals surface area contributed by atoms with E-state index in [1.807, 2.05) is 0 Å². The zero-order chi connectivity index (χ0) is 6.73. The van der Waals surface area contributed by atoms with Gasteiger partial charge >= 0.3 is 12.1 Å². The van der Waals surface area contributed by atoms with Crippen molar-refractivity contribution < 1.29 is 18.4 Å². The number of carbonyl (C=O) groups excluding carboxylic acids is 2. The Hall–Kier alpha value is -0.800. The Labute approximate surface area is 44.5 Å². The molecule has 8 heavy (non-hydrogen) atoms. The first-order valence-corrected chi connectivity index (χ1v) is 1.94. The monoisotopic (exact) mass is 122 g/mol. The van der Waals surface area contributed by atoms with Gasteiger partial charge in [-0.15, -0.1) is 0 Å². The lowest BCUT2D eigenvalue weighted by Gasteiger charge is -1.90. The Morgan fingerprint density at radius 3 is 1.50 bits per heavy atom.